The van der Waals surface area contributed by atoms with Gasteiger partial charge in [-0.25, -0.2) is 0 Å². The first-order valence-corrected chi connectivity index (χ1v) is 8.68. The molecule has 23 heavy (non-hydrogen) atoms. The zero-order valence-electron chi connectivity index (χ0n) is 14.4. The van der Waals surface area contributed by atoms with Crippen molar-refractivity contribution in [1.82, 2.24) is 0 Å². The van der Waals surface area contributed by atoms with E-state index in [0.29, 0.717) is 6.42 Å². The average Bonchev–Trinajstić information content (AvgIpc) is 2.52. The van der Waals surface area contributed by atoms with Crippen LogP contribution in [0, 0.1) is 0 Å². The number of hydrogen-bond donors (Lipinski definition) is 2. The highest BCUT2D eigenvalue weighted by Crippen LogP contribution is 2.02. The number of rotatable bonds is 14. The van der Waals surface area contributed by atoms with Crippen molar-refractivity contribution < 1.29 is 15.0 Å². The Morgan fingerprint density at radius 2 is 1.48 bits per heavy atom. The van der Waals surface area contributed by atoms with Gasteiger partial charge in [-0.05, 0) is 38.5 Å². The van der Waals surface area contributed by atoms with E-state index in [4.69, 9.17) is 5.11 Å². The second-order valence-corrected chi connectivity index (χ2v) is 5.55. The summed E-state index contributed by atoms with van der Waals surface area (Å²) in [5.74, 6) is -0.726. The molecule has 0 saturated heterocycles. The summed E-state index contributed by atoms with van der Waals surface area (Å²) in [4.78, 5) is 10.3. The second-order valence-electron chi connectivity index (χ2n) is 5.55. The van der Waals surface area contributed by atoms with Gasteiger partial charge in [0.05, 0.1) is 6.10 Å². The zero-order valence-corrected chi connectivity index (χ0v) is 14.4. The third-order valence-electron chi connectivity index (χ3n) is 3.29. The first-order chi connectivity index (χ1) is 11.2. The highest BCUT2D eigenvalue weighted by molar-refractivity contribution is 5.66. The van der Waals surface area contributed by atoms with E-state index in [1.54, 1.807) is 0 Å². The molecule has 0 bridgehead atoms. The summed E-state index contributed by atoms with van der Waals surface area (Å²) in [6.07, 6.45) is 23.7. The van der Waals surface area contributed by atoms with E-state index in [1.807, 2.05) is 18.2 Å². The number of carboxylic acids is 1. The summed E-state index contributed by atoms with van der Waals surface area (Å²) >= 11 is 0. The fourth-order valence-corrected chi connectivity index (χ4v) is 1.95. The lowest BCUT2D eigenvalue weighted by Crippen LogP contribution is -2.00. The number of unbranched alkanes of at least 4 members (excludes halogenated alkanes) is 2. The van der Waals surface area contributed by atoms with Gasteiger partial charge < -0.3 is 10.2 Å². The predicted octanol–water partition coefficient (Wildman–Crippen LogP) is 5.19. The van der Waals surface area contributed by atoms with E-state index in [2.05, 4.69) is 37.3 Å². The fraction of sp³-hybridized carbons (Fsp3) is 0.550. The van der Waals surface area contributed by atoms with Crippen molar-refractivity contribution in [2.24, 2.45) is 0 Å². The number of hydrogen-bond acceptors (Lipinski definition) is 2. The van der Waals surface area contributed by atoms with Gasteiger partial charge in [-0.3, -0.25) is 4.79 Å². The van der Waals surface area contributed by atoms with Crippen LogP contribution in [0.1, 0.15) is 64.7 Å². The first-order valence-electron chi connectivity index (χ1n) is 8.68. The van der Waals surface area contributed by atoms with Crippen molar-refractivity contribution >= 4 is 5.97 Å². The van der Waals surface area contributed by atoms with E-state index < -0.39 is 5.97 Å². The third-order valence-corrected chi connectivity index (χ3v) is 3.29. The average molecular weight is 320 g/mol. The second kappa shape index (κ2) is 16.8. The minimum absolute atomic E-state index is 0.245. The molecule has 0 heterocycles. The Balaban J connectivity index is 3.53. The van der Waals surface area contributed by atoms with Crippen molar-refractivity contribution in [3.05, 3.63) is 48.6 Å². The molecular weight excluding hydrogens is 288 g/mol. The summed E-state index contributed by atoms with van der Waals surface area (Å²) < 4.78 is 0. The maximum atomic E-state index is 10.3. The SMILES string of the molecule is CCCC[C@@H](O)/C=C\C/C=C\C/C=C\C/C=C\CCCC(=O)O. The smallest absolute Gasteiger partial charge is 0.303 e. The van der Waals surface area contributed by atoms with Crippen molar-refractivity contribution in [3.8, 4) is 0 Å². The van der Waals surface area contributed by atoms with Gasteiger partial charge in [-0.15, -0.1) is 0 Å². The molecule has 0 aromatic rings. The molecule has 0 saturated carbocycles. The summed E-state index contributed by atoms with van der Waals surface area (Å²) in [5.41, 5.74) is 0. The number of allylic oxidation sites excluding steroid dienone is 7. The maximum Gasteiger partial charge on any atom is 0.303 e. The van der Waals surface area contributed by atoms with Crippen LogP contribution in [0.15, 0.2) is 48.6 Å². The Kier molecular flexibility index (Phi) is 15.6. The molecular formula is C20H32O3. The topological polar surface area (TPSA) is 57.5 Å². The van der Waals surface area contributed by atoms with Gasteiger partial charge in [-0.1, -0.05) is 68.4 Å². The van der Waals surface area contributed by atoms with Gasteiger partial charge in [0.2, 0.25) is 0 Å². The van der Waals surface area contributed by atoms with Crippen molar-refractivity contribution in [2.45, 2.75) is 70.8 Å². The van der Waals surface area contributed by atoms with E-state index in [0.717, 1.165) is 44.9 Å². The van der Waals surface area contributed by atoms with Crippen LogP contribution in [0.5, 0.6) is 0 Å². The number of carbonyl (C=O) groups is 1. The molecule has 0 unspecified atom stereocenters. The molecule has 0 aromatic heterocycles. The van der Waals surface area contributed by atoms with Gasteiger partial charge in [0.1, 0.15) is 0 Å². The molecule has 130 valence electrons. The van der Waals surface area contributed by atoms with Gasteiger partial charge >= 0.3 is 5.97 Å². The molecule has 0 aliphatic carbocycles. The molecule has 0 rings (SSSR count). The van der Waals surface area contributed by atoms with Gasteiger partial charge in [0, 0.05) is 6.42 Å². The van der Waals surface area contributed by atoms with Crippen molar-refractivity contribution in [2.75, 3.05) is 0 Å². The highest BCUT2D eigenvalue weighted by Gasteiger charge is 1.95. The van der Waals surface area contributed by atoms with Crippen molar-refractivity contribution in [3.63, 3.8) is 0 Å². The fourth-order valence-electron chi connectivity index (χ4n) is 1.95. The standard InChI is InChI=1S/C20H32O3/c1-2-3-16-19(21)17-14-12-10-8-6-4-5-7-9-11-13-15-18-20(22)23/h4-5,8-11,14,17,19,21H,2-3,6-7,12-13,15-16,18H2,1H3,(H,22,23)/b5-4-,10-8-,11-9-,17-14-/t19-/m1/s1. The largest absolute Gasteiger partial charge is 0.481 e. The summed E-state index contributed by atoms with van der Waals surface area (Å²) in [5, 5.41) is 18.1. The summed E-state index contributed by atoms with van der Waals surface area (Å²) in [6, 6.07) is 0. The zero-order chi connectivity index (χ0) is 17.2. The lowest BCUT2D eigenvalue weighted by Gasteiger charge is -2.02. The van der Waals surface area contributed by atoms with E-state index in [1.165, 1.54) is 0 Å². The summed E-state index contributed by atoms with van der Waals surface area (Å²) in [6.45, 7) is 2.13. The van der Waals surface area contributed by atoms with E-state index >= 15 is 0 Å². The molecule has 0 fully saturated rings. The van der Waals surface area contributed by atoms with Crippen LogP contribution in [-0.4, -0.2) is 22.3 Å². The Morgan fingerprint density at radius 1 is 0.913 bits per heavy atom. The highest BCUT2D eigenvalue weighted by atomic mass is 16.4. The maximum absolute atomic E-state index is 10.3. The molecule has 0 radical (unpaired) electrons. The Labute approximate surface area is 141 Å². The third kappa shape index (κ3) is 18.3. The number of aliphatic hydroxyl groups excluding tert-OH is 1. The van der Waals surface area contributed by atoms with Crippen LogP contribution in [0.3, 0.4) is 0 Å². The molecule has 0 aliphatic heterocycles. The predicted molar refractivity (Wildman–Crippen MR) is 97.4 cm³/mol. The van der Waals surface area contributed by atoms with E-state index in [-0.39, 0.29) is 12.5 Å². The molecule has 0 aliphatic rings. The van der Waals surface area contributed by atoms with Crippen molar-refractivity contribution in [1.29, 1.82) is 0 Å². The molecule has 0 aromatic carbocycles. The van der Waals surface area contributed by atoms with Crippen LogP contribution in [0.25, 0.3) is 0 Å². The number of aliphatic hydroxyl groups is 1. The van der Waals surface area contributed by atoms with Crippen LogP contribution in [0.4, 0.5) is 0 Å². The Hall–Kier alpha value is -1.61. The van der Waals surface area contributed by atoms with Crippen LogP contribution in [-0.2, 0) is 4.79 Å². The Morgan fingerprint density at radius 3 is 2.04 bits per heavy atom. The molecule has 2 N–H and O–H groups in total. The molecule has 0 amide bonds. The lowest BCUT2D eigenvalue weighted by atomic mass is 10.1. The van der Waals surface area contributed by atoms with Gasteiger partial charge in [0.15, 0.2) is 0 Å². The quantitative estimate of drug-likeness (QED) is 0.342. The number of aliphatic carboxylic acids is 1. The summed E-state index contributed by atoms with van der Waals surface area (Å²) in [7, 11) is 0. The van der Waals surface area contributed by atoms with E-state index in [9.17, 15) is 9.90 Å². The molecule has 3 heteroatoms. The molecule has 1 atom stereocenters. The number of carboxylic acid groups (broad SMARTS) is 1. The van der Waals surface area contributed by atoms with Crippen LogP contribution < -0.4 is 0 Å². The van der Waals surface area contributed by atoms with Gasteiger partial charge in [0.25, 0.3) is 0 Å². The minimum atomic E-state index is -0.726. The normalized spacial score (nSPS) is 13.8. The first kappa shape index (κ1) is 21.4. The molecule has 3 nitrogen and oxygen atoms in total. The lowest BCUT2D eigenvalue weighted by molar-refractivity contribution is -0.137. The minimum Gasteiger partial charge on any atom is -0.481 e. The van der Waals surface area contributed by atoms with Gasteiger partial charge in [-0.2, -0.15) is 0 Å². The molecule has 0 spiro atoms. The monoisotopic (exact) mass is 320 g/mol. The Bertz CT molecular complexity index is 392. The van der Waals surface area contributed by atoms with Crippen LogP contribution >= 0.6 is 0 Å². The van der Waals surface area contributed by atoms with Crippen LogP contribution in [0.2, 0.25) is 0 Å².